The van der Waals surface area contributed by atoms with Gasteiger partial charge in [0, 0.05) is 23.0 Å². The van der Waals surface area contributed by atoms with Crippen molar-refractivity contribution in [2.24, 2.45) is 0 Å². The first-order valence-electron chi connectivity index (χ1n) is 8.02. The SMILES string of the molecule is COC(=O)c1ccccc1N(C)C(=O)Cc1coc2cc(C)c(Cl)cc12. The van der Waals surface area contributed by atoms with Gasteiger partial charge in [0.2, 0.25) is 5.91 Å². The molecule has 2 aromatic carbocycles. The number of ether oxygens (including phenoxy) is 1. The van der Waals surface area contributed by atoms with Crippen molar-refractivity contribution in [3.05, 3.63) is 64.4 Å². The van der Waals surface area contributed by atoms with E-state index in [0.29, 0.717) is 21.9 Å². The van der Waals surface area contributed by atoms with Crippen molar-refractivity contribution in [1.29, 1.82) is 0 Å². The lowest BCUT2D eigenvalue weighted by molar-refractivity contribution is -0.117. The molecule has 0 radical (unpaired) electrons. The van der Waals surface area contributed by atoms with Crippen LogP contribution < -0.4 is 4.90 Å². The third kappa shape index (κ3) is 3.30. The minimum Gasteiger partial charge on any atom is -0.465 e. The number of likely N-dealkylation sites (N-methyl/N-ethyl adjacent to an activating group) is 1. The number of halogens is 1. The second kappa shape index (κ2) is 7.22. The van der Waals surface area contributed by atoms with E-state index in [2.05, 4.69) is 0 Å². The fraction of sp³-hybridized carbons (Fsp3) is 0.200. The lowest BCUT2D eigenvalue weighted by Crippen LogP contribution is -2.29. The molecular formula is C20H18ClNO4. The second-order valence-electron chi connectivity index (χ2n) is 6.00. The number of aryl methyl sites for hydroxylation is 1. The predicted octanol–water partition coefficient (Wildman–Crippen LogP) is 4.39. The maximum absolute atomic E-state index is 12.8. The van der Waals surface area contributed by atoms with Gasteiger partial charge in [0.05, 0.1) is 31.0 Å². The molecule has 26 heavy (non-hydrogen) atoms. The van der Waals surface area contributed by atoms with Gasteiger partial charge in [0.15, 0.2) is 0 Å². The van der Waals surface area contributed by atoms with Gasteiger partial charge in [-0.2, -0.15) is 0 Å². The number of fused-ring (bicyclic) bond motifs is 1. The number of para-hydroxylation sites is 1. The molecular weight excluding hydrogens is 354 g/mol. The van der Waals surface area contributed by atoms with Crippen LogP contribution in [0.3, 0.4) is 0 Å². The molecule has 0 unspecified atom stereocenters. The Morgan fingerprint density at radius 2 is 1.96 bits per heavy atom. The molecule has 3 rings (SSSR count). The molecule has 0 spiro atoms. The zero-order chi connectivity index (χ0) is 18.8. The van der Waals surface area contributed by atoms with Gasteiger partial charge in [-0.25, -0.2) is 4.79 Å². The van der Waals surface area contributed by atoms with Crippen LogP contribution in [0.1, 0.15) is 21.5 Å². The molecule has 1 aromatic heterocycles. The third-order valence-corrected chi connectivity index (χ3v) is 4.73. The molecule has 1 amide bonds. The number of anilines is 1. The number of carbonyl (C=O) groups is 2. The predicted molar refractivity (Wildman–Crippen MR) is 101 cm³/mol. The quantitative estimate of drug-likeness (QED) is 0.638. The molecule has 0 atom stereocenters. The maximum atomic E-state index is 12.8. The van der Waals surface area contributed by atoms with Gasteiger partial charge in [-0.1, -0.05) is 23.7 Å². The van der Waals surface area contributed by atoms with Crippen molar-refractivity contribution in [3.63, 3.8) is 0 Å². The zero-order valence-corrected chi connectivity index (χ0v) is 15.5. The molecule has 0 saturated carbocycles. The first kappa shape index (κ1) is 18.0. The summed E-state index contributed by atoms with van der Waals surface area (Å²) < 4.78 is 10.3. The number of methoxy groups -OCH3 is 1. The fourth-order valence-corrected chi connectivity index (χ4v) is 2.97. The number of nitrogens with zero attached hydrogens (tertiary/aromatic N) is 1. The van der Waals surface area contributed by atoms with Crippen molar-refractivity contribution >= 4 is 40.1 Å². The summed E-state index contributed by atoms with van der Waals surface area (Å²) in [5, 5.41) is 1.43. The summed E-state index contributed by atoms with van der Waals surface area (Å²) in [7, 11) is 2.94. The molecule has 134 valence electrons. The molecule has 0 saturated heterocycles. The average Bonchev–Trinajstić information content (AvgIpc) is 3.02. The minimum atomic E-state index is -0.490. The lowest BCUT2D eigenvalue weighted by Gasteiger charge is -2.19. The molecule has 0 N–H and O–H groups in total. The van der Waals surface area contributed by atoms with Gasteiger partial charge in [-0.3, -0.25) is 4.79 Å². The van der Waals surface area contributed by atoms with Gasteiger partial charge in [0.1, 0.15) is 5.58 Å². The van der Waals surface area contributed by atoms with Crippen molar-refractivity contribution in [3.8, 4) is 0 Å². The minimum absolute atomic E-state index is 0.123. The molecule has 1 heterocycles. The summed E-state index contributed by atoms with van der Waals surface area (Å²) in [5.74, 6) is -0.669. The summed E-state index contributed by atoms with van der Waals surface area (Å²) in [6, 6.07) is 10.5. The van der Waals surface area contributed by atoms with E-state index in [1.807, 2.05) is 13.0 Å². The van der Waals surface area contributed by atoms with Crippen LogP contribution in [0.4, 0.5) is 5.69 Å². The highest BCUT2D eigenvalue weighted by Gasteiger charge is 2.20. The van der Waals surface area contributed by atoms with Crippen molar-refractivity contribution in [2.45, 2.75) is 13.3 Å². The molecule has 0 aliphatic heterocycles. The first-order valence-corrected chi connectivity index (χ1v) is 8.40. The van der Waals surface area contributed by atoms with E-state index in [0.717, 1.165) is 16.5 Å². The Hall–Kier alpha value is -2.79. The number of rotatable bonds is 4. The summed E-state index contributed by atoms with van der Waals surface area (Å²) >= 11 is 6.19. The van der Waals surface area contributed by atoms with Crippen LogP contribution in [0.5, 0.6) is 0 Å². The smallest absolute Gasteiger partial charge is 0.339 e. The first-order chi connectivity index (χ1) is 12.4. The van der Waals surface area contributed by atoms with Gasteiger partial charge in [0.25, 0.3) is 0 Å². The molecule has 0 fully saturated rings. The molecule has 3 aromatic rings. The van der Waals surface area contributed by atoms with Crippen molar-refractivity contribution < 1.29 is 18.7 Å². The topological polar surface area (TPSA) is 59.8 Å². The third-order valence-electron chi connectivity index (χ3n) is 4.32. The van der Waals surface area contributed by atoms with Crippen LogP contribution in [-0.2, 0) is 16.0 Å². The van der Waals surface area contributed by atoms with Crippen LogP contribution in [-0.4, -0.2) is 26.0 Å². The van der Waals surface area contributed by atoms with Crippen LogP contribution in [0.15, 0.2) is 47.1 Å². The lowest BCUT2D eigenvalue weighted by atomic mass is 10.1. The Bertz CT molecular complexity index is 993. The van der Waals surface area contributed by atoms with Crippen LogP contribution >= 0.6 is 11.6 Å². The van der Waals surface area contributed by atoms with Crippen LogP contribution in [0, 0.1) is 6.92 Å². The van der Waals surface area contributed by atoms with Crippen LogP contribution in [0.2, 0.25) is 5.02 Å². The number of furan rings is 1. The largest absolute Gasteiger partial charge is 0.465 e. The van der Waals surface area contributed by atoms with E-state index in [9.17, 15) is 9.59 Å². The summed E-state index contributed by atoms with van der Waals surface area (Å²) in [4.78, 5) is 26.1. The van der Waals surface area contributed by atoms with E-state index >= 15 is 0 Å². The zero-order valence-electron chi connectivity index (χ0n) is 14.7. The Balaban J connectivity index is 1.89. The Morgan fingerprint density at radius 3 is 2.69 bits per heavy atom. The number of benzene rings is 2. The highest BCUT2D eigenvalue weighted by molar-refractivity contribution is 6.32. The average molecular weight is 372 g/mol. The van der Waals surface area contributed by atoms with Gasteiger partial charge < -0.3 is 14.1 Å². The summed E-state index contributed by atoms with van der Waals surface area (Å²) in [5.41, 5.74) is 3.17. The standard InChI is InChI=1S/C20H18ClNO4/c1-12-8-18-15(10-16(12)21)13(11-26-18)9-19(23)22(2)17-7-5-4-6-14(17)20(24)25-3/h4-8,10-11H,9H2,1-3H3. The number of carbonyl (C=O) groups excluding carboxylic acids is 2. The molecule has 0 aliphatic carbocycles. The van der Waals surface area contributed by atoms with Crippen molar-refractivity contribution in [1.82, 2.24) is 0 Å². The number of amides is 1. The summed E-state index contributed by atoms with van der Waals surface area (Å²) in [6.07, 6.45) is 1.69. The molecule has 0 aliphatic rings. The Labute approximate surface area is 156 Å². The normalized spacial score (nSPS) is 10.8. The van der Waals surface area contributed by atoms with Crippen molar-refractivity contribution in [2.75, 3.05) is 19.1 Å². The molecule has 0 bridgehead atoms. The van der Waals surface area contributed by atoms with Gasteiger partial charge in [-0.15, -0.1) is 0 Å². The van der Waals surface area contributed by atoms with E-state index in [1.54, 1.807) is 43.6 Å². The van der Waals surface area contributed by atoms with Gasteiger partial charge in [-0.05, 0) is 36.8 Å². The number of hydrogen-bond acceptors (Lipinski definition) is 4. The van der Waals surface area contributed by atoms with E-state index in [-0.39, 0.29) is 12.3 Å². The van der Waals surface area contributed by atoms with Crippen LogP contribution in [0.25, 0.3) is 11.0 Å². The second-order valence-corrected chi connectivity index (χ2v) is 6.40. The number of esters is 1. The summed E-state index contributed by atoms with van der Waals surface area (Å²) in [6.45, 7) is 1.90. The monoisotopic (exact) mass is 371 g/mol. The maximum Gasteiger partial charge on any atom is 0.339 e. The van der Waals surface area contributed by atoms with Gasteiger partial charge >= 0.3 is 5.97 Å². The Morgan fingerprint density at radius 1 is 1.23 bits per heavy atom. The fourth-order valence-electron chi connectivity index (χ4n) is 2.80. The van der Waals surface area contributed by atoms with E-state index < -0.39 is 5.97 Å². The highest BCUT2D eigenvalue weighted by atomic mass is 35.5. The molecule has 6 heteroatoms. The van der Waals surface area contributed by atoms with E-state index in [4.69, 9.17) is 20.8 Å². The van der Waals surface area contributed by atoms with E-state index in [1.165, 1.54) is 12.0 Å². The Kier molecular flexibility index (Phi) is 5.00. The highest BCUT2D eigenvalue weighted by Crippen LogP contribution is 2.29. The number of hydrogen-bond donors (Lipinski definition) is 0. The molecule has 5 nitrogen and oxygen atoms in total.